The first-order valence-electron chi connectivity index (χ1n) is 10.9. The molecule has 0 bridgehead atoms. The number of methoxy groups -OCH3 is 2. The maximum absolute atomic E-state index is 13.0. The molecular weight excluding hydrogens is 440 g/mol. The molecule has 1 saturated heterocycles. The lowest BCUT2D eigenvalue weighted by Gasteiger charge is -2.36. The van der Waals surface area contributed by atoms with Crippen molar-refractivity contribution < 1.29 is 14.3 Å². The van der Waals surface area contributed by atoms with Gasteiger partial charge in [-0.25, -0.2) is 0 Å². The van der Waals surface area contributed by atoms with Gasteiger partial charge in [0, 0.05) is 16.0 Å². The molecule has 1 amide bonds. The van der Waals surface area contributed by atoms with Gasteiger partial charge in [0.1, 0.15) is 5.00 Å². The van der Waals surface area contributed by atoms with Crippen molar-refractivity contribution in [1.29, 1.82) is 0 Å². The highest BCUT2D eigenvalue weighted by atomic mass is 32.1. The molecule has 1 N–H and O–H groups in total. The largest absolute Gasteiger partial charge is 0.493 e. The third-order valence-corrected chi connectivity index (χ3v) is 8.17. The van der Waals surface area contributed by atoms with Crippen molar-refractivity contribution in [3.05, 3.63) is 62.2 Å². The Hall–Kier alpha value is -2.35. The van der Waals surface area contributed by atoms with Crippen molar-refractivity contribution in [3.8, 4) is 11.5 Å². The number of ether oxygens (including phenoxy) is 2. The van der Waals surface area contributed by atoms with Crippen LogP contribution in [-0.2, 0) is 0 Å². The fourth-order valence-corrected chi connectivity index (χ4v) is 6.18. The van der Waals surface area contributed by atoms with Crippen LogP contribution in [0.3, 0.4) is 0 Å². The molecule has 1 aliphatic heterocycles. The number of para-hydroxylation sites is 1. The fourth-order valence-electron chi connectivity index (χ4n) is 4.48. The van der Waals surface area contributed by atoms with Crippen LogP contribution >= 0.6 is 22.7 Å². The second kappa shape index (κ2) is 10.1. The summed E-state index contributed by atoms with van der Waals surface area (Å²) in [4.78, 5) is 17.4. The van der Waals surface area contributed by atoms with Gasteiger partial charge in [0.2, 0.25) is 0 Å². The Morgan fingerprint density at radius 2 is 1.84 bits per heavy atom. The molecule has 7 heteroatoms. The third kappa shape index (κ3) is 4.42. The molecule has 1 atom stereocenters. The number of piperidine rings is 1. The van der Waals surface area contributed by atoms with Crippen LogP contribution in [0.4, 0.5) is 5.00 Å². The summed E-state index contributed by atoms with van der Waals surface area (Å²) in [6, 6.07) is 9.82. The predicted molar refractivity (Wildman–Crippen MR) is 133 cm³/mol. The summed E-state index contributed by atoms with van der Waals surface area (Å²) in [5.41, 5.74) is 3.45. The molecular formula is C25H30N2O3S2. The summed E-state index contributed by atoms with van der Waals surface area (Å²) in [6.07, 6.45) is 3.59. The number of hydrogen-bond acceptors (Lipinski definition) is 6. The molecule has 4 rings (SSSR count). The molecule has 0 aliphatic carbocycles. The van der Waals surface area contributed by atoms with Gasteiger partial charge in [-0.1, -0.05) is 24.6 Å². The van der Waals surface area contributed by atoms with Crippen molar-refractivity contribution >= 4 is 33.6 Å². The highest BCUT2D eigenvalue weighted by Gasteiger charge is 2.33. The molecule has 1 fully saturated rings. The Bertz CT molecular complexity index is 1070. The molecule has 0 unspecified atom stereocenters. The van der Waals surface area contributed by atoms with E-state index in [4.69, 9.17) is 9.47 Å². The van der Waals surface area contributed by atoms with Crippen molar-refractivity contribution in [2.75, 3.05) is 32.6 Å². The van der Waals surface area contributed by atoms with Crippen molar-refractivity contribution in [2.24, 2.45) is 0 Å². The van der Waals surface area contributed by atoms with E-state index in [2.05, 4.69) is 30.1 Å². The van der Waals surface area contributed by atoms with Gasteiger partial charge in [-0.05, 0) is 62.9 Å². The molecule has 0 saturated carbocycles. The fraction of sp³-hybridized carbons (Fsp3) is 0.400. The lowest BCUT2D eigenvalue weighted by atomic mass is 9.92. The van der Waals surface area contributed by atoms with E-state index in [1.54, 1.807) is 25.6 Å². The molecule has 3 heterocycles. The number of likely N-dealkylation sites (tertiary alicyclic amines) is 1. The molecule has 2 aromatic heterocycles. The van der Waals surface area contributed by atoms with E-state index < -0.39 is 0 Å². The normalized spacial score (nSPS) is 15.4. The maximum atomic E-state index is 13.0. The number of amides is 1. The van der Waals surface area contributed by atoms with Crippen LogP contribution in [-0.4, -0.2) is 38.1 Å². The van der Waals surface area contributed by atoms with Crippen molar-refractivity contribution in [2.45, 2.75) is 39.2 Å². The minimum absolute atomic E-state index is 0.0241. The van der Waals surface area contributed by atoms with E-state index in [1.807, 2.05) is 29.6 Å². The molecule has 5 nitrogen and oxygen atoms in total. The van der Waals surface area contributed by atoms with Gasteiger partial charge < -0.3 is 14.8 Å². The summed E-state index contributed by atoms with van der Waals surface area (Å²) in [6.45, 7) is 6.31. The first-order valence-corrected chi connectivity index (χ1v) is 12.6. The molecule has 3 aromatic rings. The topological polar surface area (TPSA) is 50.8 Å². The first-order chi connectivity index (χ1) is 15.5. The number of nitrogens with one attached hydrogen (secondary N) is 1. The van der Waals surface area contributed by atoms with Gasteiger partial charge in [0.25, 0.3) is 5.91 Å². The van der Waals surface area contributed by atoms with Gasteiger partial charge >= 0.3 is 0 Å². The summed E-state index contributed by atoms with van der Waals surface area (Å²) >= 11 is 3.11. The van der Waals surface area contributed by atoms with Crippen LogP contribution in [0.1, 0.15) is 56.5 Å². The average molecular weight is 471 g/mol. The highest BCUT2D eigenvalue weighted by Crippen LogP contribution is 2.47. The molecule has 32 heavy (non-hydrogen) atoms. The van der Waals surface area contributed by atoms with Crippen molar-refractivity contribution in [3.63, 3.8) is 0 Å². The SMILES string of the molecule is COc1cccc([C@@H](c2c(NC(=O)c3cccs3)sc(C)c2C)N2CCCCC2)c1OC. The lowest BCUT2D eigenvalue weighted by Crippen LogP contribution is -2.35. The zero-order valence-electron chi connectivity index (χ0n) is 19.1. The van der Waals surface area contributed by atoms with Crippen LogP contribution < -0.4 is 14.8 Å². The summed E-state index contributed by atoms with van der Waals surface area (Å²) in [5.74, 6) is 1.42. The van der Waals surface area contributed by atoms with E-state index >= 15 is 0 Å². The highest BCUT2D eigenvalue weighted by molar-refractivity contribution is 7.17. The van der Waals surface area contributed by atoms with Gasteiger partial charge in [-0.3, -0.25) is 9.69 Å². The van der Waals surface area contributed by atoms with Crippen LogP contribution in [0.25, 0.3) is 0 Å². The van der Waals surface area contributed by atoms with Crippen molar-refractivity contribution in [1.82, 2.24) is 4.90 Å². The number of carbonyl (C=O) groups is 1. The van der Waals surface area contributed by atoms with Crippen LogP contribution in [0.5, 0.6) is 11.5 Å². The van der Waals surface area contributed by atoms with E-state index in [9.17, 15) is 4.79 Å². The van der Waals surface area contributed by atoms with Gasteiger partial charge in [-0.15, -0.1) is 22.7 Å². The Kier molecular flexibility index (Phi) is 7.18. The van der Waals surface area contributed by atoms with E-state index in [-0.39, 0.29) is 11.9 Å². The predicted octanol–water partition coefficient (Wildman–Crippen LogP) is 6.27. The number of hydrogen-bond donors (Lipinski definition) is 1. The quantitative estimate of drug-likeness (QED) is 0.442. The van der Waals surface area contributed by atoms with Crippen LogP contribution in [0.15, 0.2) is 35.7 Å². The Labute approximate surface area is 198 Å². The maximum Gasteiger partial charge on any atom is 0.266 e. The van der Waals surface area contributed by atoms with Gasteiger partial charge in [-0.2, -0.15) is 0 Å². The number of benzene rings is 1. The molecule has 0 spiro atoms. The number of nitrogens with zero attached hydrogens (tertiary/aromatic N) is 1. The zero-order valence-corrected chi connectivity index (χ0v) is 20.7. The van der Waals surface area contributed by atoms with E-state index in [0.717, 1.165) is 40.7 Å². The van der Waals surface area contributed by atoms with Crippen LogP contribution in [0, 0.1) is 13.8 Å². The number of aryl methyl sites for hydroxylation is 1. The standard InChI is InChI=1S/C25H30N2O3S2/c1-16-17(2)32-25(26-24(28)20-12-9-15-31-20)21(16)22(27-13-6-5-7-14-27)18-10-8-11-19(29-3)23(18)30-4/h8-12,15,22H,5-7,13-14H2,1-4H3,(H,26,28)/t22-/m0/s1. The number of carbonyl (C=O) groups excluding carboxylic acids is 1. The number of anilines is 1. The second-order valence-electron chi connectivity index (χ2n) is 8.04. The Morgan fingerprint density at radius 1 is 1.06 bits per heavy atom. The first kappa shape index (κ1) is 22.8. The molecule has 1 aromatic carbocycles. The van der Waals surface area contributed by atoms with Gasteiger partial charge in [0.15, 0.2) is 11.5 Å². The monoisotopic (exact) mass is 470 g/mol. The Balaban J connectivity index is 1.85. The van der Waals surface area contributed by atoms with Gasteiger partial charge in [0.05, 0.1) is 25.1 Å². The molecule has 170 valence electrons. The molecule has 0 radical (unpaired) electrons. The summed E-state index contributed by atoms with van der Waals surface area (Å²) < 4.78 is 11.5. The summed E-state index contributed by atoms with van der Waals surface area (Å²) in [7, 11) is 3.37. The minimum Gasteiger partial charge on any atom is -0.493 e. The third-order valence-electron chi connectivity index (χ3n) is 6.16. The smallest absolute Gasteiger partial charge is 0.266 e. The van der Waals surface area contributed by atoms with E-state index in [0.29, 0.717) is 4.88 Å². The van der Waals surface area contributed by atoms with E-state index in [1.165, 1.54) is 41.0 Å². The second-order valence-corrected chi connectivity index (χ2v) is 10.2. The zero-order chi connectivity index (χ0) is 22.7. The van der Waals surface area contributed by atoms with Crippen LogP contribution in [0.2, 0.25) is 0 Å². The minimum atomic E-state index is -0.0579. The molecule has 1 aliphatic rings. The average Bonchev–Trinajstić information content (AvgIpc) is 3.45. The number of thiophene rings is 2. The lowest BCUT2D eigenvalue weighted by molar-refractivity contribution is 0.103. The summed E-state index contributed by atoms with van der Waals surface area (Å²) in [5, 5.41) is 6.07. The Morgan fingerprint density at radius 3 is 2.50 bits per heavy atom. The number of rotatable bonds is 7.